The molecule has 0 heterocycles. The van der Waals surface area contributed by atoms with Crippen molar-refractivity contribution < 1.29 is 9.53 Å². The van der Waals surface area contributed by atoms with Gasteiger partial charge in [-0.3, -0.25) is 0 Å². The maximum atomic E-state index is 11.9. The number of hydrogen-bond acceptors (Lipinski definition) is 2. The van der Waals surface area contributed by atoms with E-state index in [0.29, 0.717) is 13.2 Å². The van der Waals surface area contributed by atoms with Gasteiger partial charge in [-0.05, 0) is 50.5 Å². The summed E-state index contributed by atoms with van der Waals surface area (Å²) in [7, 11) is 0. The second kappa shape index (κ2) is 8.22. The molecule has 2 aromatic rings. The zero-order chi connectivity index (χ0) is 16.7. The average molecular weight is 312 g/mol. The van der Waals surface area contributed by atoms with Gasteiger partial charge in [0.15, 0.2) is 0 Å². The third-order valence-electron chi connectivity index (χ3n) is 3.62. The third-order valence-corrected chi connectivity index (χ3v) is 3.62. The molecule has 0 fully saturated rings. The van der Waals surface area contributed by atoms with Gasteiger partial charge in [-0.25, -0.2) is 4.79 Å². The molecule has 0 radical (unpaired) electrons. The standard InChI is InChI=1S/C19H24N2O2/c1-14-8-10-17(11-9-14)23-13-5-12-20-19(22)21-18-15(2)6-4-7-16(18)3/h4,6-11H,5,12-13H2,1-3H3,(H2,20,21,22). The molecular weight excluding hydrogens is 288 g/mol. The van der Waals surface area contributed by atoms with Crippen LogP contribution in [0.15, 0.2) is 42.5 Å². The van der Waals surface area contributed by atoms with Gasteiger partial charge in [0.25, 0.3) is 0 Å². The Morgan fingerprint density at radius 1 is 1.00 bits per heavy atom. The number of urea groups is 1. The van der Waals surface area contributed by atoms with E-state index in [-0.39, 0.29) is 6.03 Å². The van der Waals surface area contributed by atoms with Crippen LogP contribution in [0.4, 0.5) is 10.5 Å². The summed E-state index contributed by atoms with van der Waals surface area (Å²) in [6.45, 7) is 7.16. The Hall–Kier alpha value is -2.49. The van der Waals surface area contributed by atoms with Crippen LogP contribution in [0.5, 0.6) is 5.75 Å². The van der Waals surface area contributed by atoms with Crippen LogP contribution in [-0.4, -0.2) is 19.2 Å². The van der Waals surface area contributed by atoms with E-state index < -0.39 is 0 Å². The minimum Gasteiger partial charge on any atom is -0.494 e. The predicted octanol–water partition coefficient (Wildman–Crippen LogP) is 4.20. The number of carbonyl (C=O) groups excluding carboxylic acids is 1. The molecule has 23 heavy (non-hydrogen) atoms. The van der Waals surface area contributed by atoms with Gasteiger partial charge in [0, 0.05) is 12.2 Å². The lowest BCUT2D eigenvalue weighted by molar-refractivity contribution is 0.250. The number of para-hydroxylation sites is 1. The van der Waals surface area contributed by atoms with Crippen LogP contribution in [0.2, 0.25) is 0 Å². The first-order valence-electron chi connectivity index (χ1n) is 7.87. The molecule has 0 saturated carbocycles. The lowest BCUT2D eigenvalue weighted by Gasteiger charge is -2.12. The number of hydrogen-bond donors (Lipinski definition) is 2. The maximum Gasteiger partial charge on any atom is 0.319 e. The van der Waals surface area contributed by atoms with Crippen LogP contribution in [0, 0.1) is 20.8 Å². The molecule has 0 bridgehead atoms. The number of rotatable bonds is 6. The molecule has 0 unspecified atom stereocenters. The highest BCUT2D eigenvalue weighted by Crippen LogP contribution is 2.19. The molecule has 2 N–H and O–H groups in total. The highest BCUT2D eigenvalue weighted by molar-refractivity contribution is 5.90. The lowest BCUT2D eigenvalue weighted by Crippen LogP contribution is -2.30. The molecule has 2 amide bonds. The van der Waals surface area contributed by atoms with Crippen LogP contribution in [-0.2, 0) is 0 Å². The Morgan fingerprint density at radius 2 is 1.65 bits per heavy atom. The minimum absolute atomic E-state index is 0.183. The SMILES string of the molecule is Cc1ccc(OCCCNC(=O)Nc2c(C)cccc2C)cc1. The van der Waals surface area contributed by atoms with Crippen molar-refractivity contribution in [1.82, 2.24) is 5.32 Å². The summed E-state index contributed by atoms with van der Waals surface area (Å²) in [4.78, 5) is 11.9. The molecular formula is C19H24N2O2. The smallest absolute Gasteiger partial charge is 0.319 e. The number of nitrogens with one attached hydrogen (secondary N) is 2. The van der Waals surface area contributed by atoms with E-state index in [9.17, 15) is 4.79 Å². The molecule has 0 aromatic heterocycles. The second-order valence-corrected chi connectivity index (χ2v) is 5.66. The van der Waals surface area contributed by atoms with Crippen molar-refractivity contribution in [1.29, 1.82) is 0 Å². The molecule has 2 rings (SSSR count). The van der Waals surface area contributed by atoms with Crippen LogP contribution in [0.1, 0.15) is 23.1 Å². The highest BCUT2D eigenvalue weighted by Gasteiger charge is 2.06. The van der Waals surface area contributed by atoms with E-state index >= 15 is 0 Å². The molecule has 0 aliphatic carbocycles. The number of benzene rings is 2. The van der Waals surface area contributed by atoms with E-state index in [1.807, 2.05) is 63.2 Å². The Morgan fingerprint density at radius 3 is 2.30 bits per heavy atom. The van der Waals surface area contributed by atoms with E-state index in [1.165, 1.54) is 5.56 Å². The number of carbonyl (C=O) groups is 1. The van der Waals surface area contributed by atoms with Crippen molar-refractivity contribution >= 4 is 11.7 Å². The van der Waals surface area contributed by atoms with Crippen LogP contribution in [0.25, 0.3) is 0 Å². The van der Waals surface area contributed by atoms with Crippen molar-refractivity contribution in [3.8, 4) is 5.75 Å². The van der Waals surface area contributed by atoms with E-state index in [1.54, 1.807) is 0 Å². The Bertz CT molecular complexity index is 631. The summed E-state index contributed by atoms with van der Waals surface area (Å²) >= 11 is 0. The fourth-order valence-electron chi connectivity index (χ4n) is 2.27. The molecule has 122 valence electrons. The first-order valence-corrected chi connectivity index (χ1v) is 7.87. The minimum atomic E-state index is -0.183. The average Bonchev–Trinajstić information content (AvgIpc) is 2.52. The van der Waals surface area contributed by atoms with Gasteiger partial charge in [0.1, 0.15) is 5.75 Å². The third kappa shape index (κ3) is 5.33. The van der Waals surface area contributed by atoms with Gasteiger partial charge in [0.05, 0.1) is 6.61 Å². The zero-order valence-corrected chi connectivity index (χ0v) is 14.0. The Balaban J connectivity index is 1.68. The molecule has 0 saturated heterocycles. The molecule has 0 aliphatic rings. The quantitative estimate of drug-likeness (QED) is 0.785. The highest BCUT2D eigenvalue weighted by atomic mass is 16.5. The molecule has 0 atom stereocenters. The first-order chi connectivity index (χ1) is 11.1. The fraction of sp³-hybridized carbons (Fsp3) is 0.316. The van der Waals surface area contributed by atoms with Crippen LogP contribution in [0.3, 0.4) is 0 Å². The monoisotopic (exact) mass is 312 g/mol. The van der Waals surface area contributed by atoms with Gasteiger partial charge in [-0.1, -0.05) is 35.9 Å². The molecule has 4 heteroatoms. The summed E-state index contributed by atoms with van der Waals surface area (Å²) in [6, 6.07) is 13.7. The molecule has 2 aromatic carbocycles. The second-order valence-electron chi connectivity index (χ2n) is 5.66. The van der Waals surface area contributed by atoms with Gasteiger partial charge < -0.3 is 15.4 Å². The predicted molar refractivity (Wildman–Crippen MR) is 94.2 cm³/mol. The normalized spacial score (nSPS) is 10.2. The van der Waals surface area contributed by atoms with Crippen LogP contribution < -0.4 is 15.4 Å². The number of amides is 2. The number of aryl methyl sites for hydroxylation is 3. The van der Waals surface area contributed by atoms with E-state index in [4.69, 9.17) is 4.74 Å². The van der Waals surface area contributed by atoms with Gasteiger partial charge in [-0.2, -0.15) is 0 Å². The zero-order valence-electron chi connectivity index (χ0n) is 14.0. The molecule has 4 nitrogen and oxygen atoms in total. The summed E-state index contributed by atoms with van der Waals surface area (Å²) in [5.74, 6) is 0.857. The van der Waals surface area contributed by atoms with Gasteiger partial charge in [0.2, 0.25) is 0 Å². The summed E-state index contributed by atoms with van der Waals surface area (Å²) in [6.07, 6.45) is 0.758. The summed E-state index contributed by atoms with van der Waals surface area (Å²) < 4.78 is 5.63. The van der Waals surface area contributed by atoms with Crippen molar-refractivity contribution in [2.24, 2.45) is 0 Å². The van der Waals surface area contributed by atoms with Crippen molar-refractivity contribution in [3.63, 3.8) is 0 Å². The van der Waals surface area contributed by atoms with Gasteiger partial charge in [-0.15, -0.1) is 0 Å². The first kappa shape index (κ1) is 16.9. The Kier molecular flexibility index (Phi) is 6.03. The molecule has 0 spiro atoms. The van der Waals surface area contributed by atoms with Crippen molar-refractivity contribution in [2.75, 3.05) is 18.5 Å². The Labute approximate surface area is 137 Å². The van der Waals surface area contributed by atoms with E-state index in [2.05, 4.69) is 10.6 Å². The molecule has 0 aliphatic heterocycles. The summed E-state index contributed by atoms with van der Waals surface area (Å²) in [5, 5.41) is 5.75. The number of anilines is 1. The van der Waals surface area contributed by atoms with E-state index in [0.717, 1.165) is 29.0 Å². The number of ether oxygens (including phenoxy) is 1. The topological polar surface area (TPSA) is 50.4 Å². The largest absolute Gasteiger partial charge is 0.494 e. The lowest BCUT2D eigenvalue weighted by atomic mass is 10.1. The van der Waals surface area contributed by atoms with Crippen LogP contribution >= 0.6 is 0 Å². The summed E-state index contributed by atoms with van der Waals surface area (Å²) in [5.41, 5.74) is 4.20. The fourth-order valence-corrected chi connectivity index (χ4v) is 2.27. The van der Waals surface area contributed by atoms with Crippen molar-refractivity contribution in [3.05, 3.63) is 59.2 Å². The van der Waals surface area contributed by atoms with Crippen molar-refractivity contribution in [2.45, 2.75) is 27.2 Å². The maximum absolute atomic E-state index is 11.9. The van der Waals surface area contributed by atoms with Gasteiger partial charge >= 0.3 is 6.03 Å².